The first kappa shape index (κ1) is 13.8. The van der Waals surface area contributed by atoms with Crippen LogP contribution in [0.5, 0.6) is 5.75 Å². The molecule has 3 rings (SSSR count). The number of methoxy groups -OCH3 is 1. The highest BCUT2D eigenvalue weighted by atomic mass is 16.5. The highest BCUT2D eigenvalue weighted by Gasteiger charge is 2.23. The second kappa shape index (κ2) is 5.69. The molecule has 0 atom stereocenters. The van der Waals surface area contributed by atoms with Crippen LogP contribution >= 0.6 is 0 Å². The monoisotopic (exact) mass is 289 g/mol. The third-order valence-corrected chi connectivity index (χ3v) is 3.87. The fourth-order valence-electron chi connectivity index (χ4n) is 2.52. The van der Waals surface area contributed by atoms with Crippen molar-refractivity contribution in [1.82, 2.24) is 20.0 Å². The second-order valence-electron chi connectivity index (χ2n) is 5.35. The molecule has 7 nitrogen and oxygen atoms in total. The molecule has 1 saturated heterocycles. The molecule has 2 aromatic heterocycles. The summed E-state index contributed by atoms with van der Waals surface area (Å²) in [6, 6.07) is 1.76. The van der Waals surface area contributed by atoms with E-state index in [9.17, 15) is 0 Å². The van der Waals surface area contributed by atoms with Crippen LogP contribution in [0.2, 0.25) is 0 Å². The summed E-state index contributed by atoms with van der Waals surface area (Å²) < 4.78 is 10.5. The van der Waals surface area contributed by atoms with Gasteiger partial charge in [0.2, 0.25) is 0 Å². The van der Waals surface area contributed by atoms with Crippen molar-refractivity contribution in [3.8, 4) is 17.2 Å². The van der Waals surface area contributed by atoms with Gasteiger partial charge < -0.3 is 19.9 Å². The predicted molar refractivity (Wildman–Crippen MR) is 78.0 cm³/mol. The Bertz CT molecular complexity index is 620. The minimum absolute atomic E-state index is 0.344. The van der Waals surface area contributed by atoms with E-state index < -0.39 is 0 Å². The Balaban J connectivity index is 1.81. The lowest BCUT2D eigenvalue weighted by atomic mass is 9.96. The van der Waals surface area contributed by atoms with Crippen molar-refractivity contribution in [3.05, 3.63) is 18.1 Å². The molecule has 7 heteroatoms. The summed E-state index contributed by atoms with van der Waals surface area (Å²) in [5.41, 5.74) is 6.42. The first-order valence-electron chi connectivity index (χ1n) is 6.99. The van der Waals surface area contributed by atoms with Gasteiger partial charge >= 0.3 is 0 Å². The maximum Gasteiger partial charge on any atom is 0.259 e. The number of rotatable bonds is 3. The smallest absolute Gasteiger partial charge is 0.259 e. The molecule has 2 aromatic rings. The molecule has 0 unspecified atom stereocenters. The van der Waals surface area contributed by atoms with E-state index in [-0.39, 0.29) is 0 Å². The van der Waals surface area contributed by atoms with E-state index in [0.717, 1.165) is 31.8 Å². The van der Waals surface area contributed by atoms with Crippen LogP contribution in [0.4, 0.5) is 5.82 Å². The molecule has 0 bridgehead atoms. The average Bonchev–Trinajstić information content (AvgIpc) is 2.98. The Morgan fingerprint density at radius 2 is 2.14 bits per heavy atom. The molecule has 0 amide bonds. The lowest BCUT2D eigenvalue weighted by Gasteiger charge is -2.26. The number of nitrogen functional groups attached to an aromatic ring is 1. The molecule has 0 saturated carbocycles. The quantitative estimate of drug-likeness (QED) is 0.916. The molecule has 0 spiro atoms. The molecule has 0 radical (unpaired) electrons. The van der Waals surface area contributed by atoms with Gasteiger partial charge in [-0.15, -0.1) is 0 Å². The van der Waals surface area contributed by atoms with Gasteiger partial charge in [-0.2, -0.15) is 4.98 Å². The van der Waals surface area contributed by atoms with Crippen molar-refractivity contribution in [2.24, 2.45) is 0 Å². The van der Waals surface area contributed by atoms with Gasteiger partial charge in [0.15, 0.2) is 17.4 Å². The summed E-state index contributed by atoms with van der Waals surface area (Å²) in [4.78, 5) is 10.9. The van der Waals surface area contributed by atoms with Crippen molar-refractivity contribution < 1.29 is 9.26 Å². The Hall–Kier alpha value is -2.15. The summed E-state index contributed by atoms with van der Waals surface area (Å²) >= 11 is 0. The van der Waals surface area contributed by atoms with Crippen LogP contribution < -0.4 is 10.5 Å². The van der Waals surface area contributed by atoms with Gasteiger partial charge in [0, 0.05) is 12.1 Å². The number of nitrogens with zero attached hydrogens (tertiary/aromatic N) is 4. The van der Waals surface area contributed by atoms with Gasteiger partial charge in [0.25, 0.3) is 5.89 Å². The maximum atomic E-state index is 5.71. The predicted octanol–water partition coefficient (Wildman–Crippen LogP) is 1.53. The number of hydrogen-bond acceptors (Lipinski definition) is 7. The lowest BCUT2D eigenvalue weighted by Crippen LogP contribution is -2.29. The molecule has 0 aromatic carbocycles. The van der Waals surface area contributed by atoms with E-state index >= 15 is 0 Å². The zero-order valence-corrected chi connectivity index (χ0v) is 12.2. The van der Waals surface area contributed by atoms with Gasteiger partial charge in [-0.1, -0.05) is 5.16 Å². The minimum atomic E-state index is 0.344. The van der Waals surface area contributed by atoms with E-state index in [4.69, 9.17) is 15.0 Å². The summed E-state index contributed by atoms with van der Waals surface area (Å²) in [7, 11) is 3.68. The Morgan fingerprint density at radius 1 is 1.38 bits per heavy atom. The number of nitrogens with two attached hydrogens (primary N) is 1. The largest absolute Gasteiger partial charge is 0.493 e. The van der Waals surface area contributed by atoms with Crippen LogP contribution in [0.1, 0.15) is 24.6 Å². The molecule has 21 heavy (non-hydrogen) atoms. The first-order chi connectivity index (χ1) is 10.2. The number of aromatic nitrogens is 3. The molecular weight excluding hydrogens is 270 g/mol. The number of piperidine rings is 1. The first-order valence-corrected chi connectivity index (χ1v) is 6.99. The number of anilines is 1. The molecule has 1 aliphatic heterocycles. The fraction of sp³-hybridized carbons (Fsp3) is 0.500. The summed E-state index contributed by atoms with van der Waals surface area (Å²) in [5.74, 6) is 2.44. The topological polar surface area (TPSA) is 90.3 Å². The van der Waals surface area contributed by atoms with E-state index in [1.165, 1.54) is 0 Å². The van der Waals surface area contributed by atoms with Gasteiger partial charge in [0.05, 0.1) is 12.7 Å². The highest BCUT2D eigenvalue weighted by Crippen LogP contribution is 2.29. The molecule has 0 aliphatic carbocycles. The Kier molecular flexibility index (Phi) is 3.74. The summed E-state index contributed by atoms with van der Waals surface area (Å²) in [5, 5.41) is 4.11. The van der Waals surface area contributed by atoms with Crippen molar-refractivity contribution in [2.45, 2.75) is 18.8 Å². The van der Waals surface area contributed by atoms with E-state index in [1.54, 1.807) is 19.4 Å². The average molecular weight is 289 g/mol. The molecule has 112 valence electrons. The number of likely N-dealkylation sites (tertiary alicyclic amines) is 1. The number of ether oxygens (including phenoxy) is 1. The zero-order chi connectivity index (χ0) is 14.8. The molecule has 3 heterocycles. The molecule has 1 fully saturated rings. The van der Waals surface area contributed by atoms with E-state index in [1.807, 2.05) is 0 Å². The maximum absolute atomic E-state index is 5.71. The summed E-state index contributed by atoms with van der Waals surface area (Å²) in [6.07, 6.45) is 3.72. The van der Waals surface area contributed by atoms with Gasteiger partial charge in [0.1, 0.15) is 0 Å². The number of hydrogen-bond donors (Lipinski definition) is 1. The van der Waals surface area contributed by atoms with Crippen LogP contribution in [0.25, 0.3) is 11.5 Å². The minimum Gasteiger partial charge on any atom is -0.493 e. The Morgan fingerprint density at radius 3 is 2.86 bits per heavy atom. The molecular formula is C14H19N5O2. The van der Waals surface area contributed by atoms with Gasteiger partial charge in [-0.05, 0) is 39.0 Å². The Labute approximate surface area is 123 Å². The van der Waals surface area contributed by atoms with Crippen LogP contribution in [0.15, 0.2) is 16.8 Å². The fourth-order valence-corrected chi connectivity index (χ4v) is 2.52. The van der Waals surface area contributed by atoms with Crippen molar-refractivity contribution in [3.63, 3.8) is 0 Å². The summed E-state index contributed by atoms with van der Waals surface area (Å²) in [6.45, 7) is 2.12. The van der Waals surface area contributed by atoms with Crippen LogP contribution in [0, 0.1) is 0 Å². The standard InChI is InChI=1S/C14H19N5O2/c1-19-5-3-9(4-6-19)13-17-14(21-18-13)10-7-11(20-2)12(15)16-8-10/h7-9H,3-6H2,1-2H3,(H2,15,16). The third-order valence-electron chi connectivity index (χ3n) is 3.87. The molecule has 2 N–H and O–H groups in total. The van der Waals surface area contributed by atoms with Crippen LogP contribution in [0.3, 0.4) is 0 Å². The van der Waals surface area contributed by atoms with Crippen molar-refractivity contribution >= 4 is 5.82 Å². The van der Waals surface area contributed by atoms with Gasteiger partial charge in [-0.25, -0.2) is 4.98 Å². The highest BCUT2D eigenvalue weighted by molar-refractivity contribution is 5.59. The molecule has 1 aliphatic rings. The van der Waals surface area contributed by atoms with E-state index in [2.05, 4.69) is 27.1 Å². The van der Waals surface area contributed by atoms with Gasteiger partial charge in [-0.3, -0.25) is 0 Å². The van der Waals surface area contributed by atoms with E-state index in [0.29, 0.717) is 28.9 Å². The van der Waals surface area contributed by atoms with Crippen molar-refractivity contribution in [1.29, 1.82) is 0 Å². The zero-order valence-electron chi connectivity index (χ0n) is 12.2. The van der Waals surface area contributed by atoms with Crippen molar-refractivity contribution in [2.75, 3.05) is 33.0 Å². The second-order valence-corrected chi connectivity index (χ2v) is 5.35. The third kappa shape index (κ3) is 2.82. The normalized spacial score (nSPS) is 17.0. The SMILES string of the molecule is COc1cc(-c2nc(C3CCN(C)CC3)no2)cnc1N. The number of pyridine rings is 1. The van der Waals surface area contributed by atoms with Crippen LogP contribution in [-0.2, 0) is 0 Å². The lowest BCUT2D eigenvalue weighted by molar-refractivity contribution is 0.248. The van der Waals surface area contributed by atoms with Crippen LogP contribution in [-0.4, -0.2) is 47.3 Å².